The van der Waals surface area contributed by atoms with Crippen LogP contribution < -0.4 is 5.32 Å². The molecule has 3 heteroatoms. The van der Waals surface area contributed by atoms with Gasteiger partial charge in [-0.1, -0.05) is 33.1 Å². The Labute approximate surface area is 117 Å². The van der Waals surface area contributed by atoms with Gasteiger partial charge in [0.05, 0.1) is 11.7 Å². The number of rotatable bonds is 7. The molecule has 108 valence electrons. The molecule has 1 atom stereocenters. The average molecular weight is 263 g/mol. The molecule has 3 nitrogen and oxygen atoms in total. The van der Waals surface area contributed by atoms with Crippen LogP contribution in [-0.2, 0) is 6.42 Å². The first kappa shape index (κ1) is 14.6. The highest BCUT2D eigenvalue weighted by Crippen LogP contribution is 2.27. The van der Waals surface area contributed by atoms with Crippen LogP contribution in [0.25, 0.3) is 0 Å². The third-order valence-electron chi connectivity index (χ3n) is 4.09. The van der Waals surface area contributed by atoms with Crippen molar-refractivity contribution in [2.24, 2.45) is 5.92 Å². The second-order valence-corrected chi connectivity index (χ2v) is 6.09. The van der Waals surface area contributed by atoms with Gasteiger partial charge in [0, 0.05) is 6.20 Å². The summed E-state index contributed by atoms with van der Waals surface area (Å²) in [5.74, 6) is 0.668. The fraction of sp³-hybridized carbons (Fsp3) is 0.812. The molecule has 19 heavy (non-hydrogen) atoms. The van der Waals surface area contributed by atoms with E-state index in [-0.39, 0.29) is 0 Å². The van der Waals surface area contributed by atoms with E-state index in [4.69, 9.17) is 5.10 Å². The van der Waals surface area contributed by atoms with Crippen molar-refractivity contribution < 1.29 is 0 Å². The summed E-state index contributed by atoms with van der Waals surface area (Å²) in [6.07, 6.45) is 11.3. The molecule has 1 heterocycles. The predicted molar refractivity (Wildman–Crippen MR) is 80.4 cm³/mol. The number of nitrogens with zero attached hydrogens (tertiary/aromatic N) is 2. The minimum absolute atomic E-state index is 0.663. The smallest absolute Gasteiger partial charge is 0.0627 e. The Hall–Kier alpha value is -0.830. The van der Waals surface area contributed by atoms with Gasteiger partial charge in [0.15, 0.2) is 0 Å². The number of hydrogen-bond acceptors (Lipinski definition) is 2. The number of hydrogen-bond donors (Lipinski definition) is 1. The lowest BCUT2D eigenvalue weighted by Gasteiger charge is -2.21. The third kappa shape index (κ3) is 4.64. The van der Waals surface area contributed by atoms with Gasteiger partial charge in [-0.05, 0) is 50.8 Å². The maximum atomic E-state index is 4.79. The molecule has 1 aromatic rings. The molecule has 1 aromatic heterocycles. The van der Waals surface area contributed by atoms with E-state index in [9.17, 15) is 0 Å². The summed E-state index contributed by atoms with van der Waals surface area (Å²) in [4.78, 5) is 0. The van der Waals surface area contributed by atoms with Crippen LogP contribution in [0.15, 0.2) is 12.3 Å². The molecule has 0 radical (unpaired) electrons. The number of nitrogens with one attached hydrogen (secondary N) is 1. The van der Waals surface area contributed by atoms with Crippen molar-refractivity contribution in [2.75, 3.05) is 13.1 Å². The summed E-state index contributed by atoms with van der Waals surface area (Å²) in [6, 6.07) is 2.88. The zero-order valence-corrected chi connectivity index (χ0v) is 12.6. The molecule has 0 amide bonds. The fourth-order valence-corrected chi connectivity index (χ4v) is 2.99. The van der Waals surface area contributed by atoms with Gasteiger partial charge in [0.25, 0.3) is 0 Å². The van der Waals surface area contributed by atoms with Gasteiger partial charge >= 0.3 is 0 Å². The predicted octanol–water partition coefficient (Wildman–Crippen LogP) is 3.57. The Morgan fingerprint density at radius 2 is 2.16 bits per heavy atom. The Bertz CT molecular complexity index is 353. The molecule has 2 rings (SSSR count). The van der Waals surface area contributed by atoms with Gasteiger partial charge in [-0.3, -0.25) is 4.68 Å². The van der Waals surface area contributed by atoms with E-state index >= 15 is 0 Å². The molecule has 1 saturated carbocycles. The summed E-state index contributed by atoms with van der Waals surface area (Å²) < 4.78 is 2.22. The van der Waals surface area contributed by atoms with Crippen molar-refractivity contribution >= 4 is 0 Å². The second-order valence-electron chi connectivity index (χ2n) is 6.09. The normalized spacial score (nSPS) is 18.6. The molecule has 1 unspecified atom stereocenters. The summed E-state index contributed by atoms with van der Waals surface area (Å²) >= 11 is 0. The highest BCUT2D eigenvalue weighted by molar-refractivity contribution is 5.01. The van der Waals surface area contributed by atoms with Crippen LogP contribution in [0, 0.1) is 5.92 Å². The Morgan fingerprint density at radius 3 is 2.89 bits per heavy atom. The van der Waals surface area contributed by atoms with Gasteiger partial charge in [-0.2, -0.15) is 5.10 Å². The van der Waals surface area contributed by atoms with Crippen LogP contribution in [0.4, 0.5) is 0 Å². The van der Waals surface area contributed by atoms with E-state index in [0.717, 1.165) is 19.5 Å². The van der Waals surface area contributed by atoms with E-state index in [1.165, 1.54) is 44.2 Å². The summed E-state index contributed by atoms with van der Waals surface area (Å²) in [5.41, 5.74) is 1.26. The summed E-state index contributed by atoms with van der Waals surface area (Å²) in [5, 5.41) is 8.28. The zero-order valence-electron chi connectivity index (χ0n) is 12.6. The van der Waals surface area contributed by atoms with Crippen molar-refractivity contribution in [3.8, 4) is 0 Å². The van der Waals surface area contributed by atoms with Crippen LogP contribution in [0.3, 0.4) is 0 Å². The maximum absolute atomic E-state index is 4.79. The van der Waals surface area contributed by atoms with Gasteiger partial charge in [-0.25, -0.2) is 0 Å². The lowest BCUT2D eigenvalue weighted by molar-refractivity contribution is 0.327. The van der Waals surface area contributed by atoms with Gasteiger partial charge in [0.1, 0.15) is 0 Å². The first-order valence-electron chi connectivity index (χ1n) is 8.04. The van der Waals surface area contributed by atoms with E-state index in [2.05, 4.69) is 36.1 Å². The topological polar surface area (TPSA) is 29.9 Å². The monoisotopic (exact) mass is 263 g/mol. The maximum Gasteiger partial charge on any atom is 0.0627 e. The van der Waals surface area contributed by atoms with Crippen LogP contribution >= 0.6 is 0 Å². The van der Waals surface area contributed by atoms with Crippen molar-refractivity contribution in [3.05, 3.63) is 18.0 Å². The zero-order chi connectivity index (χ0) is 13.5. The van der Waals surface area contributed by atoms with Gasteiger partial charge in [-0.15, -0.1) is 0 Å². The van der Waals surface area contributed by atoms with Crippen LogP contribution in [0.5, 0.6) is 0 Å². The minimum atomic E-state index is 0.663. The third-order valence-corrected chi connectivity index (χ3v) is 4.09. The summed E-state index contributed by atoms with van der Waals surface area (Å²) in [6.45, 7) is 6.75. The fourth-order valence-electron chi connectivity index (χ4n) is 2.99. The van der Waals surface area contributed by atoms with E-state index in [0.29, 0.717) is 12.0 Å². The molecule has 0 spiro atoms. The summed E-state index contributed by atoms with van der Waals surface area (Å²) in [7, 11) is 0. The molecule has 1 fully saturated rings. The van der Waals surface area contributed by atoms with Crippen molar-refractivity contribution in [2.45, 2.75) is 64.8 Å². The Kier molecular flexibility index (Phi) is 5.90. The molecule has 0 aromatic carbocycles. The van der Waals surface area contributed by atoms with E-state index in [1.54, 1.807) is 0 Å². The molecular formula is C16H29N3. The lowest BCUT2D eigenvalue weighted by atomic mass is 9.96. The second kappa shape index (κ2) is 7.68. The average Bonchev–Trinajstić information content (AvgIpc) is 2.88. The quantitative estimate of drug-likeness (QED) is 0.762. The Balaban J connectivity index is 1.79. The standard InChI is InChI=1S/C16H29N3/c1-3-10-17-13-14(2)12-15-9-11-19(18-15)16-7-5-4-6-8-16/h9,11,14,16-17H,3-8,10,12-13H2,1-2H3. The molecule has 0 bridgehead atoms. The van der Waals surface area contributed by atoms with Gasteiger partial charge < -0.3 is 5.32 Å². The van der Waals surface area contributed by atoms with Crippen molar-refractivity contribution in [3.63, 3.8) is 0 Å². The minimum Gasteiger partial charge on any atom is -0.316 e. The van der Waals surface area contributed by atoms with Gasteiger partial charge in [0.2, 0.25) is 0 Å². The largest absolute Gasteiger partial charge is 0.316 e. The highest BCUT2D eigenvalue weighted by Gasteiger charge is 2.16. The molecule has 0 saturated heterocycles. The SMILES string of the molecule is CCCNCC(C)Cc1ccn(C2CCCCC2)n1. The first-order chi connectivity index (χ1) is 9.29. The van der Waals surface area contributed by atoms with Crippen molar-refractivity contribution in [1.82, 2.24) is 15.1 Å². The molecule has 0 aliphatic heterocycles. The Morgan fingerprint density at radius 1 is 1.37 bits per heavy atom. The molecule has 1 aliphatic rings. The molecule has 1 aliphatic carbocycles. The highest BCUT2D eigenvalue weighted by atomic mass is 15.3. The van der Waals surface area contributed by atoms with Crippen LogP contribution in [0.2, 0.25) is 0 Å². The first-order valence-corrected chi connectivity index (χ1v) is 8.04. The lowest BCUT2D eigenvalue weighted by Crippen LogP contribution is -2.23. The van der Waals surface area contributed by atoms with Crippen molar-refractivity contribution in [1.29, 1.82) is 0 Å². The van der Waals surface area contributed by atoms with E-state index < -0.39 is 0 Å². The molecule has 1 N–H and O–H groups in total. The molecular weight excluding hydrogens is 234 g/mol. The number of aromatic nitrogens is 2. The van der Waals surface area contributed by atoms with Crippen LogP contribution in [0.1, 0.15) is 64.1 Å². The van der Waals surface area contributed by atoms with E-state index in [1.807, 2.05) is 0 Å². The van der Waals surface area contributed by atoms with Crippen LogP contribution in [-0.4, -0.2) is 22.9 Å².